The molecule has 0 atom stereocenters. The lowest BCUT2D eigenvalue weighted by Gasteiger charge is -2.03. The summed E-state index contributed by atoms with van der Waals surface area (Å²) in [5.74, 6) is -0.984. The van der Waals surface area contributed by atoms with E-state index in [0.29, 0.717) is 11.5 Å². The summed E-state index contributed by atoms with van der Waals surface area (Å²) in [6.07, 6.45) is 0.859. The van der Waals surface area contributed by atoms with Crippen LogP contribution < -0.4 is 10.6 Å². The van der Waals surface area contributed by atoms with Crippen LogP contribution in [0.15, 0.2) is 12.1 Å². The molecule has 15 heavy (non-hydrogen) atoms. The van der Waals surface area contributed by atoms with Crippen molar-refractivity contribution in [1.82, 2.24) is 5.32 Å². The maximum atomic E-state index is 11.2. The minimum Gasteiger partial charge on any atom is -0.477 e. The van der Waals surface area contributed by atoms with E-state index in [0.717, 1.165) is 17.8 Å². The zero-order chi connectivity index (χ0) is 11.3. The first-order valence-electron chi connectivity index (χ1n) is 4.51. The Morgan fingerprint density at radius 1 is 1.47 bits per heavy atom. The van der Waals surface area contributed by atoms with Crippen molar-refractivity contribution < 1.29 is 14.7 Å². The molecule has 0 unspecified atom stereocenters. The van der Waals surface area contributed by atoms with E-state index in [-0.39, 0.29) is 10.9 Å². The largest absolute Gasteiger partial charge is 0.477 e. The molecular formula is C9H12N2O3S. The van der Waals surface area contributed by atoms with Crippen molar-refractivity contribution >= 4 is 28.3 Å². The number of carboxylic acid groups (broad SMARTS) is 1. The first-order valence-corrected chi connectivity index (χ1v) is 5.33. The second kappa shape index (κ2) is 5.35. The first-order chi connectivity index (χ1) is 7.13. The molecule has 0 aliphatic carbocycles. The van der Waals surface area contributed by atoms with Crippen molar-refractivity contribution in [2.24, 2.45) is 0 Å². The molecule has 5 nitrogen and oxygen atoms in total. The van der Waals surface area contributed by atoms with E-state index < -0.39 is 5.97 Å². The number of rotatable bonds is 4. The lowest BCUT2D eigenvalue weighted by molar-refractivity contribution is 0.0702. The number of carboxylic acids is 1. The van der Waals surface area contributed by atoms with E-state index in [1.807, 2.05) is 6.92 Å². The van der Waals surface area contributed by atoms with Crippen molar-refractivity contribution in [3.8, 4) is 0 Å². The molecule has 1 aromatic heterocycles. The molecule has 1 heterocycles. The zero-order valence-corrected chi connectivity index (χ0v) is 9.06. The van der Waals surface area contributed by atoms with Gasteiger partial charge < -0.3 is 10.4 Å². The number of carbonyl (C=O) groups excluding carboxylic acids is 1. The minimum atomic E-state index is -0.984. The summed E-state index contributed by atoms with van der Waals surface area (Å²) in [5, 5.41) is 14.4. The monoisotopic (exact) mass is 228 g/mol. The van der Waals surface area contributed by atoms with Crippen molar-refractivity contribution in [1.29, 1.82) is 0 Å². The van der Waals surface area contributed by atoms with Gasteiger partial charge in [-0.2, -0.15) is 0 Å². The summed E-state index contributed by atoms with van der Waals surface area (Å²) in [6, 6.07) is 2.72. The molecule has 1 rings (SSSR count). The summed E-state index contributed by atoms with van der Waals surface area (Å²) >= 11 is 1.03. The normalized spacial score (nSPS) is 9.67. The summed E-state index contributed by atoms with van der Waals surface area (Å²) in [7, 11) is 0. The highest BCUT2D eigenvalue weighted by Gasteiger charge is 2.08. The Labute approximate surface area is 91.1 Å². The van der Waals surface area contributed by atoms with E-state index in [1.54, 1.807) is 6.07 Å². The van der Waals surface area contributed by atoms with Crippen LogP contribution in [0.5, 0.6) is 0 Å². The number of amides is 2. The third-order valence-electron chi connectivity index (χ3n) is 1.59. The van der Waals surface area contributed by atoms with Crippen LogP contribution in [0.2, 0.25) is 0 Å². The highest BCUT2D eigenvalue weighted by molar-refractivity contribution is 7.18. The number of hydrogen-bond donors (Lipinski definition) is 3. The Morgan fingerprint density at radius 3 is 2.73 bits per heavy atom. The summed E-state index contributed by atoms with van der Waals surface area (Å²) in [6.45, 7) is 2.55. The SMILES string of the molecule is CCCNC(=O)Nc1ccc(C(=O)O)s1. The third kappa shape index (κ3) is 3.59. The summed E-state index contributed by atoms with van der Waals surface area (Å²) in [4.78, 5) is 22.0. The Balaban J connectivity index is 2.50. The molecule has 0 aliphatic heterocycles. The number of thiophene rings is 1. The summed E-state index contributed by atoms with van der Waals surface area (Å²) in [5.41, 5.74) is 0. The maximum Gasteiger partial charge on any atom is 0.345 e. The van der Waals surface area contributed by atoms with Gasteiger partial charge in [-0.15, -0.1) is 11.3 Å². The van der Waals surface area contributed by atoms with Gasteiger partial charge in [0.15, 0.2) is 0 Å². The lowest BCUT2D eigenvalue weighted by Crippen LogP contribution is -2.28. The molecule has 82 valence electrons. The third-order valence-corrected chi connectivity index (χ3v) is 2.58. The predicted molar refractivity (Wildman–Crippen MR) is 58.6 cm³/mol. The summed E-state index contributed by atoms with van der Waals surface area (Å²) < 4.78 is 0. The van der Waals surface area contributed by atoms with Gasteiger partial charge >= 0.3 is 12.0 Å². The number of anilines is 1. The highest BCUT2D eigenvalue weighted by atomic mass is 32.1. The second-order valence-electron chi connectivity index (χ2n) is 2.85. The Kier molecular flexibility index (Phi) is 4.11. The first kappa shape index (κ1) is 11.5. The number of urea groups is 1. The molecule has 0 saturated heterocycles. The van der Waals surface area contributed by atoms with Gasteiger partial charge in [0.25, 0.3) is 0 Å². The van der Waals surface area contributed by atoms with Gasteiger partial charge in [-0.05, 0) is 18.6 Å². The van der Waals surface area contributed by atoms with Gasteiger partial charge in [-0.1, -0.05) is 6.92 Å². The van der Waals surface area contributed by atoms with Gasteiger partial charge in [0.05, 0.1) is 5.00 Å². The predicted octanol–water partition coefficient (Wildman–Crippen LogP) is 1.98. The van der Waals surface area contributed by atoms with E-state index in [4.69, 9.17) is 5.11 Å². The van der Waals surface area contributed by atoms with Gasteiger partial charge in [-0.25, -0.2) is 9.59 Å². The van der Waals surface area contributed by atoms with Crippen LogP contribution in [0.3, 0.4) is 0 Å². The highest BCUT2D eigenvalue weighted by Crippen LogP contribution is 2.21. The molecule has 0 fully saturated rings. The zero-order valence-electron chi connectivity index (χ0n) is 8.24. The van der Waals surface area contributed by atoms with Gasteiger partial charge in [0.2, 0.25) is 0 Å². The topological polar surface area (TPSA) is 78.4 Å². The van der Waals surface area contributed by atoms with Crippen molar-refractivity contribution in [3.63, 3.8) is 0 Å². The average molecular weight is 228 g/mol. The molecule has 1 aromatic rings. The van der Waals surface area contributed by atoms with Crippen LogP contribution in [0.1, 0.15) is 23.0 Å². The van der Waals surface area contributed by atoms with Crippen LogP contribution in [0.4, 0.5) is 9.80 Å². The van der Waals surface area contributed by atoms with Gasteiger partial charge in [-0.3, -0.25) is 5.32 Å². The Bertz CT molecular complexity index is 362. The number of aromatic carboxylic acids is 1. The van der Waals surface area contributed by atoms with E-state index in [2.05, 4.69) is 10.6 Å². The molecule has 0 radical (unpaired) electrons. The number of hydrogen-bond acceptors (Lipinski definition) is 3. The maximum absolute atomic E-state index is 11.2. The fraction of sp³-hybridized carbons (Fsp3) is 0.333. The Morgan fingerprint density at radius 2 is 2.20 bits per heavy atom. The molecule has 3 N–H and O–H groups in total. The molecule has 0 saturated carbocycles. The molecule has 0 aromatic carbocycles. The van der Waals surface area contributed by atoms with Crippen LogP contribution in [0.25, 0.3) is 0 Å². The molecule has 0 spiro atoms. The van der Waals surface area contributed by atoms with Crippen LogP contribution in [-0.4, -0.2) is 23.7 Å². The van der Waals surface area contributed by atoms with Crippen LogP contribution in [0, 0.1) is 0 Å². The molecule has 2 amide bonds. The fourth-order valence-electron chi connectivity index (χ4n) is 0.915. The van der Waals surface area contributed by atoms with Crippen molar-refractivity contribution in [2.45, 2.75) is 13.3 Å². The second-order valence-corrected chi connectivity index (χ2v) is 3.93. The van der Waals surface area contributed by atoms with Crippen molar-refractivity contribution in [3.05, 3.63) is 17.0 Å². The van der Waals surface area contributed by atoms with E-state index in [9.17, 15) is 9.59 Å². The van der Waals surface area contributed by atoms with Gasteiger partial charge in [0, 0.05) is 6.54 Å². The Hall–Kier alpha value is -1.56. The minimum absolute atomic E-state index is 0.209. The lowest BCUT2D eigenvalue weighted by atomic mass is 10.5. The molecule has 6 heteroatoms. The van der Waals surface area contributed by atoms with E-state index in [1.165, 1.54) is 6.07 Å². The molecule has 0 aliphatic rings. The standard InChI is InChI=1S/C9H12N2O3S/c1-2-5-10-9(14)11-7-4-3-6(15-7)8(12)13/h3-4H,2,5H2,1H3,(H,12,13)(H2,10,11,14). The fourth-order valence-corrected chi connectivity index (χ4v) is 1.65. The molecular weight excluding hydrogens is 216 g/mol. The van der Waals surface area contributed by atoms with Crippen LogP contribution >= 0.6 is 11.3 Å². The number of nitrogens with one attached hydrogen (secondary N) is 2. The number of carbonyl (C=O) groups is 2. The molecule has 0 bridgehead atoms. The smallest absolute Gasteiger partial charge is 0.345 e. The van der Waals surface area contributed by atoms with E-state index >= 15 is 0 Å². The van der Waals surface area contributed by atoms with Crippen LogP contribution in [-0.2, 0) is 0 Å². The average Bonchev–Trinajstić information content (AvgIpc) is 2.63. The van der Waals surface area contributed by atoms with Crippen molar-refractivity contribution in [2.75, 3.05) is 11.9 Å². The van der Waals surface area contributed by atoms with Gasteiger partial charge in [0.1, 0.15) is 4.88 Å². The quantitative estimate of drug-likeness (QED) is 0.737.